The molecule has 1 saturated carbocycles. The second-order valence-corrected chi connectivity index (χ2v) is 5.71. The molecule has 1 unspecified atom stereocenters. The molecule has 0 bridgehead atoms. The Balaban J connectivity index is 1.89. The molecule has 0 amide bonds. The monoisotopic (exact) mass is 196 g/mol. The first-order valence-corrected chi connectivity index (χ1v) is 6.05. The zero-order chi connectivity index (χ0) is 10.2. The summed E-state index contributed by atoms with van der Waals surface area (Å²) in [6, 6.07) is 1.71. The highest BCUT2D eigenvalue weighted by molar-refractivity contribution is 4.92. The molecule has 1 heterocycles. The molecule has 1 atom stereocenters. The lowest BCUT2D eigenvalue weighted by Crippen LogP contribution is -2.55. The van der Waals surface area contributed by atoms with Gasteiger partial charge in [0, 0.05) is 17.6 Å². The Kier molecular flexibility index (Phi) is 2.85. The fraction of sp³-hybridized carbons (Fsp3) is 1.00. The Bertz CT molecular complexity index is 196. The van der Waals surface area contributed by atoms with Crippen molar-refractivity contribution in [1.29, 1.82) is 0 Å². The molecule has 0 radical (unpaired) electrons. The summed E-state index contributed by atoms with van der Waals surface area (Å²) in [5, 5.41) is 3.59. The highest BCUT2D eigenvalue weighted by atomic mass is 15.2. The molecule has 0 aromatic rings. The second kappa shape index (κ2) is 3.82. The van der Waals surface area contributed by atoms with E-state index in [1.54, 1.807) is 0 Å². The van der Waals surface area contributed by atoms with Crippen molar-refractivity contribution < 1.29 is 0 Å². The number of nitrogens with one attached hydrogen (secondary N) is 1. The molecular formula is C12H24N2. The van der Waals surface area contributed by atoms with Crippen molar-refractivity contribution in [2.75, 3.05) is 13.6 Å². The number of rotatable bonds is 2. The molecule has 82 valence electrons. The number of nitrogens with zero attached hydrogens (tertiary/aromatic N) is 1. The van der Waals surface area contributed by atoms with E-state index in [4.69, 9.17) is 0 Å². The van der Waals surface area contributed by atoms with Crippen LogP contribution in [0.2, 0.25) is 0 Å². The topological polar surface area (TPSA) is 15.3 Å². The largest absolute Gasteiger partial charge is 0.312 e. The highest BCUT2D eigenvalue weighted by Crippen LogP contribution is 2.30. The van der Waals surface area contributed by atoms with Gasteiger partial charge in [0.15, 0.2) is 0 Å². The fourth-order valence-corrected chi connectivity index (χ4v) is 2.78. The van der Waals surface area contributed by atoms with E-state index in [-0.39, 0.29) is 0 Å². The summed E-state index contributed by atoms with van der Waals surface area (Å²) in [5.74, 6) is 0. The molecule has 0 aromatic heterocycles. The molecule has 2 nitrogen and oxygen atoms in total. The Morgan fingerprint density at radius 2 is 1.86 bits per heavy atom. The van der Waals surface area contributed by atoms with Gasteiger partial charge in [0.1, 0.15) is 0 Å². The summed E-state index contributed by atoms with van der Waals surface area (Å²) in [4.78, 5) is 2.64. The minimum Gasteiger partial charge on any atom is -0.312 e. The van der Waals surface area contributed by atoms with Crippen LogP contribution >= 0.6 is 0 Å². The second-order valence-electron chi connectivity index (χ2n) is 5.71. The molecule has 1 N–H and O–H groups in total. The smallest absolute Gasteiger partial charge is 0.0140 e. The predicted octanol–water partition coefficient (Wildman–Crippen LogP) is 2.00. The van der Waals surface area contributed by atoms with E-state index >= 15 is 0 Å². The van der Waals surface area contributed by atoms with E-state index in [1.165, 1.54) is 38.6 Å². The van der Waals surface area contributed by atoms with Crippen molar-refractivity contribution in [2.45, 2.75) is 63.6 Å². The van der Waals surface area contributed by atoms with Crippen LogP contribution in [0, 0.1) is 0 Å². The Hall–Kier alpha value is -0.0800. The van der Waals surface area contributed by atoms with E-state index in [9.17, 15) is 0 Å². The molecule has 14 heavy (non-hydrogen) atoms. The molecule has 2 rings (SSSR count). The average molecular weight is 196 g/mol. The molecule has 0 spiro atoms. The quantitative estimate of drug-likeness (QED) is 0.726. The van der Waals surface area contributed by atoms with Crippen LogP contribution in [0.1, 0.15) is 46.0 Å². The van der Waals surface area contributed by atoms with E-state index in [0.717, 1.165) is 12.1 Å². The van der Waals surface area contributed by atoms with E-state index in [2.05, 4.69) is 31.1 Å². The van der Waals surface area contributed by atoms with Gasteiger partial charge in [-0.25, -0.2) is 0 Å². The zero-order valence-electron chi connectivity index (χ0n) is 9.84. The third-order valence-corrected chi connectivity index (χ3v) is 4.05. The molecule has 1 aliphatic heterocycles. The zero-order valence-corrected chi connectivity index (χ0v) is 9.84. The standard InChI is InChI=1S/C12H24N2/c1-12(2)9-11(7-8-13-12)14(3)10-5-4-6-10/h10-11,13H,4-9H2,1-3H3. The Morgan fingerprint density at radius 1 is 1.14 bits per heavy atom. The van der Waals surface area contributed by atoms with Gasteiger partial charge in [-0.1, -0.05) is 6.42 Å². The maximum Gasteiger partial charge on any atom is 0.0140 e. The van der Waals surface area contributed by atoms with Crippen LogP contribution in [-0.4, -0.2) is 36.1 Å². The minimum absolute atomic E-state index is 0.348. The molecular weight excluding hydrogens is 172 g/mol. The summed E-state index contributed by atoms with van der Waals surface area (Å²) in [5.41, 5.74) is 0.348. The molecule has 1 saturated heterocycles. The highest BCUT2D eigenvalue weighted by Gasteiger charge is 2.33. The third-order valence-electron chi connectivity index (χ3n) is 4.05. The molecule has 2 fully saturated rings. The molecule has 1 aliphatic carbocycles. The summed E-state index contributed by atoms with van der Waals surface area (Å²) in [6.07, 6.45) is 6.95. The van der Waals surface area contributed by atoms with Gasteiger partial charge in [-0.05, 0) is 53.1 Å². The van der Waals surface area contributed by atoms with Crippen LogP contribution in [0.15, 0.2) is 0 Å². The first-order chi connectivity index (χ1) is 6.58. The SMILES string of the molecule is CN(C1CCC1)C1CCNC(C)(C)C1. The van der Waals surface area contributed by atoms with Gasteiger partial charge >= 0.3 is 0 Å². The average Bonchev–Trinajstić information content (AvgIpc) is 1.99. The van der Waals surface area contributed by atoms with Crippen molar-refractivity contribution in [3.63, 3.8) is 0 Å². The Labute approximate surface area is 88.1 Å². The van der Waals surface area contributed by atoms with Gasteiger partial charge in [0.2, 0.25) is 0 Å². The van der Waals surface area contributed by atoms with Crippen LogP contribution in [0.4, 0.5) is 0 Å². The first-order valence-electron chi connectivity index (χ1n) is 6.05. The molecule has 2 heteroatoms. The lowest BCUT2D eigenvalue weighted by Gasteiger charge is -2.46. The number of hydrogen-bond acceptors (Lipinski definition) is 2. The van der Waals surface area contributed by atoms with Crippen LogP contribution < -0.4 is 5.32 Å². The molecule has 0 aromatic carbocycles. The van der Waals surface area contributed by atoms with Crippen molar-refractivity contribution in [2.24, 2.45) is 0 Å². The summed E-state index contributed by atoms with van der Waals surface area (Å²) in [7, 11) is 2.33. The number of hydrogen-bond donors (Lipinski definition) is 1. The predicted molar refractivity (Wildman–Crippen MR) is 60.5 cm³/mol. The first kappa shape index (κ1) is 10.4. The summed E-state index contributed by atoms with van der Waals surface area (Å²) >= 11 is 0. The van der Waals surface area contributed by atoms with Crippen molar-refractivity contribution in [1.82, 2.24) is 10.2 Å². The summed E-state index contributed by atoms with van der Waals surface area (Å²) in [6.45, 7) is 5.84. The van der Waals surface area contributed by atoms with Crippen molar-refractivity contribution in [3.8, 4) is 0 Å². The fourth-order valence-electron chi connectivity index (χ4n) is 2.78. The maximum atomic E-state index is 3.59. The van der Waals surface area contributed by atoms with Gasteiger partial charge in [-0.3, -0.25) is 0 Å². The summed E-state index contributed by atoms with van der Waals surface area (Å²) < 4.78 is 0. The van der Waals surface area contributed by atoms with Gasteiger partial charge in [0.05, 0.1) is 0 Å². The van der Waals surface area contributed by atoms with Gasteiger partial charge in [0.25, 0.3) is 0 Å². The Morgan fingerprint density at radius 3 is 2.36 bits per heavy atom. The number of piperidine rings is 1. The minimum atomic E-state index is 0.348. The van der Waals surface area contributed by atoms with E-state index < -0.39 is 0 Å². The molecule has 2 aliphatic rings. The lowest BCUT2D eigenvalue weighted by molar-refractivity contribution is 0.0676. The van der Waals surface area contributed by atoms with Crippen molar-refractivity contribution in [3.05, 3.63) is 0 Å². The van der Waals surface area contributed by atoms with E-state index in [1.807, 2.05) is 0 Å². The normalized spacial score (nSPS) is 33.0. The van der Waals surface area contributed by atoms with Gasteiger partial charge in [-0.15, -0.1) is 0 Å². The van der Waals surface area contributed by atoms with Crippen LogP contribution in [0.25, 0.3) is 0 Å². The van der Waals surface area contributed by atoms with Gasteiger partial charge in [-0.2, -0.15) is 0 Å². The van der Waals surface area contributed by atoms with Crippen LogP contribution in [-0.2, 0) is 0 Å². The lowest BCUT2D eigenvalue weighted by atomic mass is 9.85. The van der Waals surface area contributed by atoms with E-state index in [0.29, 0.717) is 5.54 Å². The van der Waals surface area contributed by atoms with Gasteiger partial charge < -0.3 is 10.2 Å². The van der Waals surface area contributed by atoms with Crippen LogP contribution in [0.3, 0.4) is 0 Å². The maximum absolute atomic E-state index is 3.59. The third kappa shape index (κ3) is 2.12. The van der Waals surface area contributed by atoms with Crippen molar-refractivity contribution >= 4 is 0 Å². The van der Waals surface area contributed by atoms with Crippen LogP contribution in [0.5, 0.6) is 0 Å².